The number of ketones is 1. The smallest absolute Gasteiger partial charge is 0.308 e. The Balaban J connectivity index is 1.26. The number of carbonyl (C=O) groups excluding carboxylic acids is 2. The van der Waals surface area contributed by atoms with Crippen LogP contribution in [0.4, 0.5) is 20.6 Å². The van der Waals surface area contributed by atoms with Crippen LogP contribution in [0.2, 0.25) is 0 Å². The molecule has 2 N–H and O–H groups in total. The van der Waals surface area contributed by atoms with E-state index in [9.17, 15) is 14.0 Å². The maximum atomic E-state index is 13.1. The molecule has 3 aromatic rings. The van der Waals surface area contributed by atoms with Crippen LogP contribution in [0.3, 0.4) is 0 Å². The minimum Gasteiger partial charge on any atom is -0.308 e. The van der Waals surface area contributed by atoms with E-state index in [4.69, 9.17) is 0 Å². The second kappa shape index (κ2) is 11.8. The Hall–Kier alpha value is -3.51. The molecule has 0 bridgehead atoms. The van der Waals surface area contributed by atoms with Gasteiger partial charge in [-0.1, -0.05) is 42.5 Å². The molecule has 0 atom stereocenters. The third kappa shape index (κ3) is 7.23. The van der Waals surface area contributed by atoms with Gasteiger partial charge in [-0.15, -0.1) is 0 Å². The number of Topliss-reactive ketones (excluding diaryl/α,β-unsaturated/α-hetero) is 1. The Morgan fingerprint density at radius 3 is 2.43 bits per heavy atom. The van der Waals surface area contributed by atoms with Crippen molar-refractivity contribution in [2.45, 2.75) is 32.6 Å². The Morgan fingerprint density at radius 1 is 0.943 bits per heavy atom. The van der Waals surface area contributed by atoms with Gasteiger partial charge in [-0.3, -0.25) is 4.79 Å². The zero-order chi connectivity index (χ0) is 24.6. The van der Waals surface area contributed by atoms with E-state index in [-0.39, 0.29) is 17.6 Å². The van der Waals surface area contributed by atoms with Crippen LogP contribution in [0.5, 0.6) is 0 Å². The molecule has 182 valence electrons. The molecule has 1 fully saturated rings. The standard InChI is InChI=1S/C29H32FN3O2/c1-21(34)25-6-4-7-27(20-25)31-29(35)32-28-8-3-2-5-24(28)15-18-33-16-13-23(14-17-33)19-22-9-11-26(30)12-10-22/h2-12,20,23H,13-19H2,1H3,(H2,31,32,35). The summed E-state index contributed by atoms with van der Waals surface area (Å²) in [4.78, 5) is 26.7. The summed E-state index contributed by atoms with van der Waals surface area (Å²) in [6.07, 6.45) is 4.13. The summed E-state index contributed by atoms with van der Waals surface area (Å²) in [5.74, 6) is 0.410. The molecule has 0 aliphatic carbocycles. The van der Waals surface area contributed by atoms with Crippen LogP contribution in [-0.4, -0.2) is 36.3 Å². The first-order chi connectivity index (χ1) is 17.0. The number of benzene rings is 3. The molecule has 3 aromatic carbocycles. The van der Waals surface area contributed by atoms with Gasteiger partial charge in [0, 0.05) is 23.5 Å². The summed E-state index contributed by atoms with van der Waals surface area (Å²) in [5, 5.41) is 5.77. The fourth-order valence-corrected chi connectivity index (χ4v) is 4.61. The van der Waals surface area contributed by atoms with Gasteiger partial charge >= 0.3 is 6.03 Å². The van der Waals surface area contributed by atoms with Crippen molar-refractivity contribution in [3.63, 3.8) is 0 Å². The van der Waals surface area contributed by atoms with Crippen molar-refractivity contribution in [1.82, 2.24) is 4.90 Å². The highest BCUT2D eigenvalue weighted by Gasteiger charge is 2.20. The topological polar surface area (TPSA) is 61.4 Å². The van der Waals surface area contributed by atoms with E-state index in [0.29, 0.717) is 17.2 Å². The van der Waals surface area contributed by atoms with Gasteiger partial charge < -0.3 is 15.5 Å². The Bertz CT molecular complexity index is 1150. The van der Waals surface area contributed by atoms with Gasteiger partial charge in [-0.05, 0) is 93.1 Å². The van der Waals surface area contributed by atoms with Crippen molar-refractivity contribution in [2.24, 2.45) is 5.92 Å². The van der Waals surface area contributed by atoms with Gasteiger partial charge in [0.1, 0.15) is 5.82 Å². The highest BCUT2D eigenvalue weighted by molar-refractivity contribution is 6.01. The molecule has 1 saturated heterocycles. The zero-order valence-electron chi connectivity index (χ0n) is 20.1. The molecule has 1 heterocycles. The molecule has 1 aliphatic rings. The van der Waals surface area contributed by atoms with Crippen molar-refractivity contribution in [1.29, 1.82) is 0 Å². The van der Waals surface area contributed by atoms with E-state index in [1.54, 1.807) is 36.4 Å². The second-order valence-corrected chi connectivity index (χ2v) is 9.24. The van der Waals surface area contributed by atoms with Gasteiger partial charge in [0.15, 0.2) is 5.78 Å². The summed E-state index contributed by atoms with van der Waals surface area (Å²) in [6, 6.07) is 21.3. The lowest BCUT2D eigenvalue weighted by atomic mass is 9.90. The molecular weight excluding hydrogens is 441 g/mol. The van der Waals surface area contributed by atoms with E-state index in [2.05, 4.69) is 15.5 Å². The normalized spacial score (nSPS) is 14.5. The number of amides is 2. The van der Waals surface area contributed by atoms with Crippen LogP contribution in [0, 0.1) is 11.7 Å². The summed E-state index contributed by atoms with van der Waals surface area (Å²) < 4.78 is 13.1. The number of nitrogens with one attached hydrogen (secondary N) is 2. The molecule has 5 nitrogen and oxygen atoms in total. The lowest BCUT2D eigenvalue weighted by Gasteiger charge is -2.32. The maximum absolute atomic E-state index is 13.1. The summed E-state index contributed by atoms with van der Waals surface area (Å²) >= 11 is 0. The number of likely N-dealkylation sites (tertiary alicyclic amines) is 1. The number of nitrogens with zero attached hydrogens (tertiary/aromatic N) is 1. The maximum Gasteiger partial charge on any atom is 0.323 e. The number of rotatable bonds is 8. The van der Waals surface area contributed by atoms with Gasteiger partial charge in [0.05, 0.1) is 0 Å². The first kappa shape index (κ1) is 24.6. The number of anilines is 2. The minimum atomic E-state index is -0.334. The van der Waals surface area contributed by atoms with Crippen LogP contribution in [0.25, 0.3) is 0 Å². The van der Waals surface area contributed by atoms with Gasteiger partial charge in [0.2, 0.25) is 0 Å². The number of hydrogen-bond acceptors (Lipinski definition) is 3. The molecule has 0 unspecified atom stereocenters. The van der Waals surface area contributed by atoms with Gasteiger partial charge in [0.25, 0.3) is 0 Å². The Morgan fingerprint density at radius 2 is 1.69 bits per heavy atom. The highest BCUT2D eigenvalue weighted by atomic mass is 19.1. The van der Waals surface area contributed by atoms with E-state index in [0.717, 1.165) is 56.6 Å². The molecule has 0 saturated carbocycles. The van der Waals surface area contributed by atoms with E-state index in [1.807, 2.05) is 36.4 Å². The number of halogens is 1. The summed E-state index contributed by atoms with van der Waals surface area (Å²) in [5.41, 5.74) is 4.23. The fourth-order valence-electron chi connectivity index (χ4n) is 4.61. The molecule has 6 heteroatoms. The van der Waals surface area contributed by atoms with E-state index < -0.39 is 0 Å². The molecule has 35 heavy (non-hydrogen) atoms. The number of carbonyl (C=O) groups is 2. The van der Waals surface area contributed by atoms with Crippen LogP contribution in [-0.2, 0) is 12.8 Å². The summed E-state index contributed by atoms with van der Waals surface area (Å²) in [7, 11) is 0. The third-order valence-electron chi connectivity index (χ3n) is 6.63. The molecule has 0 spiro atoms. The van der Waals surface area contributed by atoms with E-state index >= 15 is 0 Å². The lowest BCUT2D eigenvalue weighted by molar-refractivity contribution is 0.101. The van der Waals surface area contributed by atoms with Crippen molar-refractivity contribution < 1.29 is 14.0 Å². The Kier molecular flexibility index (Phi) is 8.27. The largest absolute Gasteiger partial charge is 0.323 e. The molecule has 4 rings (SSSR count). The average Bonchev–Trinajstić information content (AvgIpc) is 2.86. The average molecular weight is 474 g/mol. The lowest BCUT2D eigenvalue weighted by Crippen LogP contribution is -2.35. The second-order valence-electron chi connectivity index (χ2n) is 9.24. The first-order valence-electron chi connectivity index (χ1n) is 12.2. The SMILES string of the molecule is CC(=O)c1cccc(NC(=O)Nc2ccccc2CCN2CCC(Cc3ccc(F)cc3)CC2)c1. The van der Waals surface area contributed by atoms with Crippen LogP contribution >= 0.6 is 0 Å². The van der Waals surface area contributed by atoms with Gasteiger partial charge in [-0.2, -0.15) is 0 Å². The summed E-state index contributed by atoms with van der Waals surface area (Å²) in [6.45, 7) is 4.54. The van der Waals surface area contributed by atoms with Crippen LogP contribution < -0.4 is 10.6 Å². The molecule has 0 aromatic heterocycles. The quantitative estimate of drug-likeness (QED) is 0.385. The highest BCUT2D eigenvalue weighted by Crippen LogP contribution is 2.23. The third-order valence-corrected chi connectivity index (χ3v) is 6.63. The number of hydrogen-bond donors (Lipinski definition) is 2. The molecule has 2 amide bonds. The number of para-hydroxylation sites is 1. The molecule has 0 radical (unpaired) electrons. The number of urea groups is 1. The monoisotopic (exact) mass is 473 g/mol. The predicted octanol–water partition coefficient (Wildman–Crippen LogP) is 6.17. The predicted molar refractivity (Wildman–Crippen MR) is 139 cm³/mol. The molecular formula is C29H32FN3O2. The number of piperidine rings is 1. The van der Waals surface area contributed by atoms with Crippen molar-refractivity contribution in [3.05, 3.63) is 95.3 Å². The zero-order valence-corrected chi connectivity index (χ0v) is 20.1. The molecule has 1 aliphatic heterocycles. The fraction of sp³-hybridized carbons (Fsp3) is 0.310. The van der Waals surface area contributed by atoms with Crippen molar-refractivity contribution in [2.75, 3.05) is 30.3 Å². The Labute approximate surface area is 206 Å². The van der Waals surface area contributed by atoms with Crippen molar-refractivity contribution in [3.8, 4) is 0 Å². The van der Waals surface area contributed by atoms with Crippen molar-refractivity contribution >= 4 is 23.2 Å². The first-order valence-corrected chi connectivity index (χ1v) is 12.2. The van der Waals surface area contributed by atoms with E-state index in [1.165, 1.54) is 12.5 Å². The van der Waals surface area contributed by atoms with Crippen LogP contribution in [0.1, 0.15) is 41.3 Å². The van der Waals surface area contributed by atoms with Crippen LogP contribution in [0.15, 0.2) is 72.8 Å². The minimum absolute atomic E-state index is 0.0427. The van der Waals surface area contributed by atoms with Gasteiger partial charge in [-0.25, -0.2) is 9.18 Å².